The summed E-state index contributed by atoms with van der Waals surface area (Å²) in [6.45, 7) is 3.46. The molecule has 164 valence electrons. The molecule has 4 N–H and O–H groups in total. The van der Waals surface area contributed by atoms with Gasteiger partial charge in [-0.25, -0.2) is 24.3 Å². The molecule has 4 aromatic rings. The number of aromatic nitrogens is 5. The standard InChI is InChI=1S/C23H25FN8/c1-12-27-8-13(9-28-12)5-18-29-21-19(15-6-14(24)7-16(26-2)20(15)31-21)22(30-18)32-10-17(25)23(11-32)3-4-23/h6-9,17,26H,3-5,10-11,25H2,1-2H3,(H,29,30,31). The van der Waals surface area contributed by atoms with E-state index in [1.54, 1.807) is 25.5 Å². The molecule has 2 aliphatic rings. The lowest BCUT2D eigenvalue weighted by atomic mass is 10.0. The Morgan fingerprint density at radius 1 is 1.25 bits per heavy atom. The van der Waals surface area contributed by atoms with E-state index in [9.17, 15) is 4.39 Å². The number of nitrogens with one attached hydrogen (secondary N) is 2. The number of hydrogen-bond donors (Lipinski definition) is 3. The maximum absolute atomic E-state index is 14.5. The summed E-state index contributed by atoms with van der Waals surface area (Å²) in [4.78, 5) is 24.0. The molecule has 6 rings (SSSR count). The van der Waals surface area contributed by atoms with Gasteiger partial charge in [0.25, 0.3) is 0 Å². The van der Waals surface area contributed by atoms with Gasteiger partial charge in [-0.2, -0.15) is 0 Å². The zero-order valence-corrected chi connectivity index (χ0v) is 18.1. The average Bonchev–Trinajstić information content (AvgIpc) is 3.36. The molecule has 2 fully saturated rings. The molecule has 0 amide bonds. The second-order valence-electron chi connectivity index (χ2n) is 9.10. The van der Waals surface area contributed by atoms with Crippen LogP contribution in [-0.4, -0.2) is 51.1 Å². The third kappa shape index (κ3) is 2.99. The van der Waals surface area contributed by atoms with Crippen molar-refractivity contribution < 1.29 is 4.39 Å². The molecule has 1 atom stereocenters. The summed E-state index contributed by atoms with van der Waals surface area (Å²) in [6, 6.07) is 3.16. The van der Waals surface area contributed by atoms with Crippen molar-refractivity contribution in [2.75, 3.05) is 30.4 Å². The summed E-state index contributed by atoms with van der Waals surface area (Å²) in [7, 11) is 1.78. The fourth-order valence-corrected chi connectivity index (χ4v) is 4.93. The third-order valence-corrected chi connectivity index (χ3v) is 6.92. The van der Waals surface area contributed by atoms with Gasteiger partial charge >= 0.3 is 0 Å². The number of anilines is 2. The van der Waals surface area contributed by atoms with Crippen LogP contribution in [0.2, 0.25) is 0 Å². The largest absolute Gasteiger partial charge is 0.386 e. The Bertz CT molecular complexity index is 1340. The first-order valence-corrected chi connectivity index (χ1v) is 10.9. The number of benzene rings is 1. The van der Waals surface area contributed by atoms with Gasteiger partial charge in [0.15, 0.2) is 0 Å². The molecule has 9 heteroatoms. The van der Waals surface area contributed by atoms with Gasteiger partial charge < -0.3 is 20.9 Å². The molecule has 0 radical (unpaired) electrons. The number of hydrogen-bond acceptors (Lipinski definition) is 7. The SMILES string of the molecule is CNc1cc(F)cc2c1[nH]c1nc(Cc3cnc(C)nc3)nc(N3CC(N)C4(CC4)C3)c12. The van der Waals surface area contributed by atoms with Crippen molar-refractivity contribution in [1.82, 2.24) is 24.9 Å². The molecular weight excluding hydrogens is 407 g/mol. The topological polar surface area (TPSA) is 109 Å². The van der Waals surface area contributed by atoms with Crippen molar-refractivity contribution in [3.63, 3.8) is 0 Å². The summed E-state index contributed by atoms with van der Waals surface area (Å²) < 4.78 is 14.5. The first-order chi connectivity index (χ1) is 15.5. The Hall–Kier alpha value is -3.33. The Morgan fingerprint density at radius 2 is 2.03 bits per heavy atom. The van der Waals surface area contributed by atoms with Crippen LogP contribution in [0.15, 0.2) is 24.5 Å². The molecule has 8 nitrogen and oxygen atoms in total. The predicted octanol–water partition coefficient (Wildman–Crippen LogP) is 2.91. The highest BCUT2D eigenvalue weighted by Gasteiger charge is 2.54. The minimum atomic E-state index is -0.300. The normalized spacial score (nSPS) is 19.4. The number of nitrogens with two attached hydrogens (primary N) is 1. The zero-order valence-electron chi connectivity index (χ0n) is 18.1. The van der Waals surface area contributed by atoms with Crippen molar-refractivity contribution in [3.8, 4) is 0 Å². The highest BCUT2D eigenvalue weighted by molar-refractivity contribution is 6.14. The van der Waals surface area contributed by atoms with Crippen LogP contribution in [0.4, 0.5) is 15.9 Å². The summed E-state index contributed by atoms with van der Waals surface area (Å²) in [5.74, 6) is 1.91. The maximum atomic E-state index is 14.5. The quantitative estimate of drug-likeness (QED) is 0.455. The highest BCUT2D eigenvalue weighted by Crippen LogP contribution is 2.53. The second-order valence-corrected chi connectivity index (χ2v) is 9.10. The molecule has 1 aromatic carbocycles. The average molecular weight is 433 g/mol. The molecule has 1 unspecified atom stereocenters. The number of aryl methyl sites for hydroxylation is 1. The van der Waals surface area contributed by atoms with E-state index in [0.29, 0.717) is 23.6 Å². The van der Waals surface area contributed by atoms with Crippen LogP contribution in [0.25, 0.3) is 21.9 Å². The van der Waals surface area contributed by atoms with E-state index in [4.69, 9.17) is 15.7 Å². The second kappa shape index (κ2) is 6.83. The number of nitrogens with zero attached hydrogens (tertiary/aromatic N) is 5. The molecule has 1 spiro atoms. The molecule has 3 aromatic heterocycles. The molecule has 1 saturated heterocycles. The summed E-state index contributed by atoms with van der Waals surface area (Å²) in [5, 5.41) is 4.69. The summed E-state index contributed by atoms with van der Waals surface area (Å²) in [5.41, 5.74) is 9.83. The van der Waals surface area contributed by atoms with E-state index in [-0.39, 0.29) is 17.3 Å². The van der Waals surface area contributed by atoms with Crippen molar-refractivity contribution >= 4 is 33.4 Å². The van der Waals surface area contributed by atoms with Crippen LogP contribution in [0.3, 0.4) is 0 Å². The van der Waals surface area contributed by atoms with Crippen LogP contribution in [0.5, 0.6) is 0 Å². The fourth-order valence-electron chi connectivity index (χ4n) is 4.93. The van der Waals surface area contributed by atoms with Crippen molar-refractivity contribution in [2.45, 2.75) is 32.2 Å². The lowest BCUT2D eigenvalue weighted by Gasteiger charge is -2.19. The van der Waals surface area contributed by atoms with Gasteiger partial charge in [0.2, 0.25) is 0 Å². The Labute approximate surface area is 184 Å². The first-order valence-electron chi connectivity index (χ1n) is 10.9. The lowest BCUT2D eigenvalue weighted by Crippen LogP contribution is -2.30. The smallest absolute Gasteiger partial charge is 0.144 e. The van der Waals surface area contributed by atoms with Gasteiger partial charge in [0, 0.05) is 55.8 Å². The number of rotatable bonds is 4. The minimum absolute atomic E-state index is 0.122. The van der Waals surface area contributed by atoms with Crippen molar-refractivity contribution in [1.29, 1.82) is 0 Å². The monoisotopic (exact) mass is 432 g/mol. The van der Waals surface area contributed by atoms with Crippen molar-refractivity contribution in [3.05, 3.63) is 47.6 Å². The predicted molar refractivity (Wildman–Crippen MR) is 122 cm³/mol. The van der Waals surface area contributed by atoms with Gasteiger partial charge in [-0.15, -0.1) is 0 Å². The van der Waals surface area contributed by atoms with E-state index in [0.717, 1.165) is 59.4 Å². The van der Waals surface area contributed by atoms with Gasteiger partial charge in [-0.1, -0.05) is 0 Å². The molecule has 4 heterocycles. The van der Waals surface area contributed by atoms with E-state index in [1.807, 2.05) is 6.92 Å². The van der Waals surface area contributed by atoms with Crippen LogP contribution in [-0.2, 0) is 6.42 Å². The van der Waals surface area contributed by atoms with E-state index in [2.05, 4.69) is 25.2 Å². The Morgan fingerprint density at radius 3 is 2.72 bits per heavy atom. The number of fused-ring (bicyclic) bond motifs is 3. The number of H-pyrrole nitrogens is 1. The molecule has 0 bridgehead atoms. The first kappa shape index (κ1) is 19.4. The summed E-state index contributed by atoms with van der Waals surface area (Å²) >= 11 is 0. The molecule has 1 saturated carbocycles. The van der Waals surface area contributed by atoms with Gasteiger partial charge in [-0.05, 0) is 37.5 Å². The lowest BCUT2D eigenvalue weighted by molar-refractivity contribution is 0.499. The number of halogens is 1. The third-order valence-electron chi connectivity index (χ3n) is 6.92. The van der Waals surface area contributed by atoms with Crippen LogP contribution < -0.4 is 16.0 Å². The number of aromatic amines is 1. The highest BCUT2D eigenvalue weighted by atomic mass is 19.1. The van der Waals surface area contributed by atoms with Gasteiger partial charge in [0.05, 0.1) is 16.6 Å². The van der Waals surface area contributed by atoms with E-state index < -0.39 is 0 Å². The van der Waals surface area contributed by atoms with E-state index >= 15 is 0 Å². The van der Waals surface area contributed by atoms with Gasteiger partial charge in [0.1, 0.15) is 28.9 Å². The van der Waals surface area contributed by atoms with Gasteiger partial charge in [-0.3, -0.25) is 0 Å². The van der Waals surface area contributed by atoms with Crippen LogP contribution in [0.1, 0.15) is 30.1 Å². The molecule has 32 heavy (non-hydrogen) atoms. The molecule has 1 aliphatic carbocycles. The Kier molecular flexibility index (Phi) is 4.13. The van der Waals surface area contributed by atoms with Crippen LogP contribution >= 0.6 is 0 Å². The summed E-state index contributed by atoms with van der Waals surface area (Å²) in [6.07, 6.45) is 6.43. The van der Waals surface area contributed by atoms with Crippen LogP contribution in [0, 0.1) is 18.2 Å². The Balaban J connectivity index is 1.54. The minimum Gasteiger partial charge on any atom is -0.386 e. The fraction of sp³-hybridized carbons (Fsp3) is 0.391. The molecule has 1 aliphatic heterocycles. The zero-order chi connectivity index (χ0) is 22.0. The maximum Gasteiger partial charge on any atom is 0.144 e. The van der Waals surface area contributed by atoms with Crippen molar-refractivity contribution in [2.24, 2.45) is 11.1 Å². The van der Waals surface area contributed by atoms with E-state index in [1.165, 1.54) is 6.07 Å². The molecular formula is C23H25FN8.